The van der Waals surface area contributed by atoms with Crippen LogP contribution < -0.4 is 5.19 Å². The summed E-state index contributed by atoms with van der Waals surface area (Å²) in [5.41, 5.74) is 8.07. The first-order valence-corrected chi connectivity index (χ1v) is 13.3. The lowest BCUT2D eigenvalue weighted by atomic mass is 9.96. The second kappa shape index (κ2) is 8.31. The number of hydrogen-bond donors (Lipinski definition) is 0. The Bertz CT molecular complexity index is 705. The summed E-state index contributed by atoms with van der Waals surface area (Å²) in [5, 5.41) is 1.55. The van der Waals surface area contributed by atoms with Gasteiger partial charge in [-0.25, -0.2) is 0 Å². The number of unbranched alkanes of at least 4 members (excludes halogenated alkanes) is 3. The van der Waals surface area contributed by atoms with E-state index in [0.717, 1.165) is 0 Å². The summed E-state index contributed by atoms with van der Waals surface area (Å²) in [4.78, 5) is 4.94. The van der Waals surface area contributed by atoms with Gasteiger partial charge in [0, 0.05) is 11.8 Å². The molecule has 0 saturated carbocycles. The largest absolute Gasteiger partial charge is 0.256 e. The maximum absolute atomic E-state index is 4.94. The molecule has 0 atom stereocenters. The van der Waals surface area contributed by atoms with E-state index in [-0.39, 0.29) is 0 Å². The molecule has 1 nitrogen and oxygen atoms in total. The summed E-state index contributed by atoms with van der Waals surface area (Å²) < 4.78 is 0. The molecule has 0 aliphatic carbocycles. The average Bonchev–Trinajstić information content (AvgIpc) is 2.50. The lowest BCUT2D eigenvalue weighted by Crippen LogP contribution is -2.41. The second-order valence-electron chi connectivity index (χ2n) is 8.56. The van der Waals surface area contributed by atoms with Crippen LogP contribution in [0.3, 0.4) is 0 Å². The summed E-state index contributed by atoms with van der Waals surface area (Å²) in [6.45, 7) is 16.2. The van der Waals surface area contributed by atoms with Gasteiger partial charge in [0.25, 0.3) is 0 Å². The van der Waals surface area contributed by atoms with Gasteiger partial charge in [-0.15, -0.1) is 0 Å². The Kier molecular flexibility index (Phi) is 6.62. The molecule has 0 N–H and O–H groups in total. The predicted molar refractivity (Wildman–Crippen MR) is 115 cm³/mol. The number of rotatable bonds is 7. The number of nitrogens with zero attached hydrogens (tertiary/aromatic N) is 1. The van der Waals surface area contributed by atoms with Crippen molar-refractivity contribution in [2.24, 2.45) is 0 Å². The number of benzene rings is 1. The van der Waals surface area contributed by atoms with Crippen molar-refractivity contribution in [2.45, 2.75) is 79.4 Å². The van der Waals surface area contributed by atoms with E-state index in [0.29, 0.717) is 0 Å². The van der Waals surface area contributed by atoms with Gasteiger partial charge in [-0.05, 0) is 62.1 Å². The van der Waals surface area contributed by atoms with Crippen LogP contribution in [0.5, 0.6) is 0 Å². The molecule has 1 heterocycles. The fraction of sp³-hybridized carbons (Fsp3) is 0.522. The van der Waals surface area contributed by atoms with Crippen LogP contribution in [0, 0.1) is 20.8 Å². The highest BCUT2D eigenvalue weighted by atomic mass is 28.3. The highest BCUT2D eigenvalue weighted by Gasteiger charge is 2.23. The quantitative estimate of drug-likeness (QED) is 0.418. The molecule has 0 radical (unpaired) electrons. The molecule has 2 heteroatoms. The minimum absolute atomic E-state index is 1.18. The van der Waals surface area contributed by atoms with Crippen molar-refractivity contribution in [2.75, 3.05) is 0 Å². The highest BCUT2D eigenvalue weighted by Crippen LogP contribution is 2.27. The van der Waals surface area contributed by atoms with E-state index in [1.165, 1.54) is 60.1 Å². The molecule has 0 fully saturated rings. The van der Waals surface area contributed by atoms with Gasteiger partial charge in [-0.2, -0.15) is 0 Å². The predicted octanol–water partition coefficient (Wildman–Crippen LogP) is 6.34. The van der Waals surface area contributed by atoms with Crippen LogP contribution in [0.1, 0.15) is 54.9 Å². The highest BCUT2D eigenvalue weighted by molar-refractivity contribution is 6.89. The molecule has 25 heavy (non-hydrogen) atoms. The molecular formula is C23H35NSi. The molecule has 1 aromatic carbocycles. The van der Waals surface area contributed by atoms with Crippen LogP contribution in [0.15, 0.2) is 24.4 Å². The third kappa shape index (κ3) is 5.04. The van der Waals surface area contributed by atoms with Crippen LogP contribution >= 0.6 is 0 Å². The number of aromatic nitrogens is 1. The van der Waals surface area contributed by atoms with Crippen molar-refractivity contribution >= 4 is 13.3 Å². The molecule has 136 valence electrons. The van der Waals surface area contributed by atoms with Crippen LogP contribution in [0.2, 0.25) is 19.6 Å². The van der Waals surface area contributed by atoms with Crippen molar-refractivity contribution in [3.05, 3.63) is 46.6 Å². The molecule has 1 aromatic heterocycles. The molecular weight excluding hydrogens is 318 g/mol. The van der Waals surface area contributed by atoms with Crippen molar-refractivity contribution in [1.82, 2.24) is 4.98 Å². The monoisotopic (exact) mass is 353 g/mol. The molecule has 0 spiro atoms. The third-order valence-electron chi connectivity index (χ3n) is 5.04. The molecule has 2 aromatic rings. The smallest absolute Gasteiger partial charge is 0.0799 e. The Morgan fingerprint density at radius 1 is 0.880 bits per heavy atom. The van der Waals surface area contributed by atoms with Crippen LogP contribution in [-0.2, 0) is 6.42 Å². The molecule has 0 aliphatic heterocycles. The number of pyridine rings is 1. The zero-order valence-corrected chi connectivity index (χ0v) is 18.3. The van der Waals surface area contributed by atoms with Crippen LogP contribution in [0.25, 0.3) is 11.3 Å². The zero-order valence-electron chi connectivity index (χ0n) is 17.3. The van der Waals surface area contributed by atoms with Crippen LogP contribution in [-0.4, -0.2) is 13.1 Å². The molecule has 0 amide bonds. The summed E-state index contributed by atoms with van der Waals surface area (Å²) >= 11 is 0. The lowest BCUT2D eigenvalue weighted by Gasteiger charge is -2.24. The maximum Gasteiger partial charge on any atom is 0.0799 e. The average molecular weight is 354 g/mol. The first-order chi connectivity index (χ1) is 11.7. The Morgan fingerprint density at radius 2 is 1.52 bits per heavy atom. The van der Waals surface area contributed by atoms with Gasteiger partial charge in [-0.1, -0.05) is 63.0 Å². The Morgan fingerprint density at radius 3 is 2.08 bits per heavy atom. The van der Waals surface area contributed by atoms with Crippen molar-refractivity contribution in [3.63, 3.8) is 0 Å². The maximum atomic E-state index is 4.94. The van der Waals surface area contributed by atoms with Crippen molar-refractivity contribution in [1.29, 1.82) is 0 Å². The fourth-order valence-electron chi connectivity index (χ4n) is 3.75. The van der Waals surface area contributed by atoms with E-state index < -0.39 is 8.07 Å². The van der Waals surface area contributed by atoms with E-state index >= 15 is 0 Å². The summed E-state index contributed by atoms with van der Waals surface area (Å²) in [6.07, 6.45) is 8.66. The summed E-state index contributed by atoms with van der Waals surface area (Å²) in [6, 6.07) is 6.79. The molecule has 0 aliphatic rings. The first-order valence-electron chi connectivity index (χ1n) is 9.81. The van der Waals surface area contributed by atoms with Crippen molar-refractivity contribution in [3.8, 4) is 11.3 Å². The van der Waals surface area contributed by atoms with Gasteiger partial charge >= 0.3 is 0 Å². The molecule has 0 bridgehead atoms. The van der Waals surface area contributed by atoms with E-state index in [2.05, 4.69) is 71.7 Å². The lowest BCUT2D eigenvalue weighted by molar-refractivity contribution is 0.666. The number of hydrogen-bond acceptors (Lipinski definition) is 1. The Hall–Kier alpha value is -1.41. The van der Waals surface area contributed by atoms with E-state index in [4.69, 9.17) is 4.98 Å². The molecule has 0 saturated heterocycles. The van der Waals surface area contributed by atoms with Gasteiger partial charge in [0.2, 0.25) is 0 Å². The van der Waals surface area contributed by atoms with Gasteiger partial charge in [-0.3, -0.25) is 4.98 Å². The second-order valence-corrected chi connectivity index (χ2v) is 13.6. The van der Waals surface area contributed by atoms with Gasteiger partial charge < -0.3 is 0 Å². The zero-order chi connectivity index (χ0) is 18.6. The topological polar surface area (TPSA) is 12.9 Å². The van der Waals surface area contributed by atoms with E-state index in [9.17, 15) is 0 Å². The van der Waals surface area contributed by atoms with Gasteiger partial charge in [0.05, 0.1) is 13.8 Å². The Balaban J connectivity index is 2.49. The number of aryl methyl sites for hydroxylation is 2. The summed E-state index contributed by atoms with van der Waals surface area (Å²) in [7, 11) is -1.39. The molecule has 0 unspecified atom stereocenters. The molecule has 2 rings (SSSR count). The Labute approximate surface area is 155 Å². The van der Waals surface area contributed by atoms with Gasteiger partial charge in [0.15, 0.2) is 0 Å². The van der Waals surface area contributed by atoms with Crippen LogP contribution in [0.4, 0.5) is 0 Å². The normalized spacial score (nSPS) is 11.8. The third-order valence-corrected chi connectivity index (χ3v) is 7.09. The van der Waals surface area contributed by atoms with Gasteiger partial charge in [0.1, 0.15) is 0 Å². The SMILES string of the molecule is CCCCCCc1c([Si](C)(C)C)cnc(-c2cc(C)cc(C)c2)c1C. The minimum atomic E-state index is -1.39. The fourth-order valence-corrected chi connectivity index (χ4v) is 5.42. The minimum Gasteiger partial charge on any atom is -0.256 e. The van der Waals surface area contributed by atoms with Crippen molar-refractivity contribution < 1.29 is 0 Å². The summed E-state index contributed by atoms with van der Waals surface area (Å²) in [5.74, 6) is 0. The standard InChI is InChI=1S/C23H35NSi/c1-8-9-10-11-12-21-19(4)23(24-16-22(21)25(5,6)7)20-14-17(2)13-18(3)15-20/h13-16H,8-12H2,1-7H3. The van der Waals surface area contributed by atoms with E-state index in [1.807, 2.05) is 0 Å². The first kappa shape index (κ1) is 19.9. The van der Waals surface area contributed by atoms with E-state index in [1.54, 1.807) is 10.8 Å².